The zero-order valence-electron chi connectivity index (χ0n) is 15.8. The van der Waals surface area contributed by atoms with Gasteiger partial charge >= 0.3 is 7.12 Å². The van der Waals surface area contributed by atoms with Gasteiger partial charge in [0.15, 0.2) is 0 Å². The molecule has 0 N–H and O–H groups in total. The molecule has 0 atom stereocenters. The van der Waals surface area contributed by atoms with Gasteiger partial charge in [0.2, 0.25) is 0 Å². The summed E-state index contributed by atoms with van der Waals surface area (Å²) >= 11 is 0. The van der Waals surface area contributed by atoms with Gasteiger partial charge in [0.25, 0.3) is 5.91 Å². The minimum atomic E-state index is -0.496. The predicted octanol–water partition coefficient (Wildman–Crippen LogP) is 2.48. The smallest absolute Gasteiger partial charge is 0.494 e. The highest BCUT2D eigenvalue weighted by Gasteiger charge is 2.51. The van der Waals surface area contributed by atoms with E-state index < -0.39 is 18.3 Å². The first-order valence-electron chi connectivity index (χ1n) is 8.49. The van der Waals surface area contributed by atoms with Crippen LogP contribution in [0, 0.1) is 0 Å². The summed E-state index contributed by atoms with van der Waals surface area (Å²) in [6.45, 7) is 13.3. The van der Waals surface area contributed by atoms with Gasteiger partial charge in [0, 0.05) is 13.1 Å². The Morgan fingerprint density at radius 2 is 1.67 bits per heavy atom. The summed E-state index contributed by atoms with van der Waals surface area (Å²) in [4.78, 5) is 14.5. The van der Waals surface area contributed by atoms with E-state index in [0.29, 0.717) is 24.4 Å². The van der Waals surface area contributed by atoms with Crippen LogP contribution in [0.15, 0.2) is 18.2 Å². The zero-order valence-corrected chi connectivity index (χ0v) is 15.8. The summed E-state index contributed by atoms with van der Waals surface area (Å²) in [6.07, 6.45) is 0. The molecule has 0 unspecified atom stereocenters. The van der Waals surface area contributed by atoms with Crippen LogP contribution in [0.2, 0.25) is 0 Å². The number of methoxy groups -OCH3 is 1. The van der Waals surface area contributed by atoms with E-state index >= 15 is 0 Å². The molecule has 0 aliphatic carbocycles. The van der Waals surface area contributed by atoms with Crippen LogP contribution >= 0.6 is 0 Å². The third-order valence-corrected chi connectivity index (χ3v) is 5.03. The number of hydrogen-bond donors (Lipinski definition) is 0. The van der Waals surface area contributed by atoms with Crippen LogP contribution in [0.5, 0.6) is 5.75 Å². The molecule has 1 fully saturated rings. The monoisotopic (exact) mass is 333 g/mol. The number of rotatable bonds is 5. The van der Waals surface area contributed by atoms with Gasteiger partial charge in [-0.2, -0.15) is 0 Å². The molecule has 132 valence electrons. The van der Waals surface area contributed by atoms with Gasteiger partial charge in [0.05, 0.1) is 23.9 Å². The normalized spacial score (nSPS) is 18.5. The van der Waals surface area contributed by atoms with E-state index in [1.165, 1.54) is 0 Å². The first-order valence-corrected chi connectivity index (χ1v) is 8.49. The number of benzene rings is 1. The van der Waals surface area contributed by atoms with Crippen LogP contribution in [0.25, 0.3) is 0 Å². The maximum Gasteiger partial charge on any atom is 0.494 e. The van der Waals surface area contributed by atoms with Crippen molar-refractivity contribution in [1.29, 1.82) is 0 Å². The highest BCUT2D eigenvalue weighted by molar-refractivity contribution is 6.62. The van der Waals surface area contributed by atoms with Gasteiger partial charge in [0.1, 0.15) is 5.75 Å². The van der Waals surface area contributed by atoms with Crippen LogP contribution in [-0.2, 0) is 9.31 Å². The van der Waals surface area contributed by atoms with Crippen LogP contribution in [0.1, 0.15) is 51.9 Å². The third-order valence-electron chi connectivity index (χ3n) is 5.03. The molecule has 1 aliphatic heterocycles. The van der Waals surface area contributed by atoms with E-state index in [1.807, 2.05) is 53.7 Å². The predicted molar refractivity (Wildman–Crippen MR) is 96.0 cm³/mol. The highest BCUT2D eigenvalue weighted by atomic mass is 16.7. The second-order valence-electron chi connectivity index (χ2n) is 7.03. The Labute approximate surface area is 145 Å². The number of amides is 1. The van der Waals surface area contributed by atoms with Crippen LogP contribution in [0.4, 0.5) is 0 Å². The van der Waals surface area contributed by atoms with E-state index in [0.717, 1.165) is 5.46 Å². The molecule has 1 heterocycles. The minimum absolute atomic E-state index is 0.0461. The molecule has 24 heavy (non-hydrogen) atoms. The van der Waals surface area contributed by atoms with E-state index in [1.54, 1.807) is 18.1 Å². The Balaban J connectivity index is 2.38. The summed E-state index contributed by atoms with van der Waals surface area (Å²) < 4.78 is 17.5. The number of ether oxygens (including phenoxy) is 1. The third kappa shape index (κ3) is 3.30. The van der Waals surface area contributed by atoms with Crippen molar-refractivity contribution in [2.75, 3.05) is 20.2 Å². The minimum Gasteiger partial charge on any atom is -0.496 e. The quantitative estimate of drug-likeness (QED) is 0.777. The van der Waals surface area contributed by atoms with Crippen LogP contribution < -0.4 is 10.2 Å². The SMILES string of the molecule is CCN(CC)C(=O)c1cc(B2OC(C)(C)C(C)(C)O2)ccc1OC. The molecule has 0 saturated carbocycles. The van der Waals surface area contributed by atoms with Crippen molar-refractivity contribution in [2.45, 2.75) is 52.7 Å². The van der Waals surface area contributed by atoms with E-state index in [2.05, 4.69) is 0 Å². The molecule has 0 radical (unpaired) electrons. The van der Waals surface area contributed by atoms with E-state index in [9.17, 15) is 4.79 Å². The van der Waals surface area contributed by atoms with Crippen LogP contribution in [0.3, 0.4) is 0 Å². The molecule has 1 aromatic rings. The van der Waals surface area contributed by atoms with Crippen molar-refractivity contribution in [3.63, 3.8) is 0 Å². The summed E-state index contributed by atoms with van der Waals surface area (Å²) in [7, 11) is 1.08. The molecule has 6 heteroatoms. The van der Waals surface area contributed by atoms with Crippen LogP contribution in [-0.4, -0.2) is 49.3 Å². The first kappa shape index (κ1) is 18.8. The van der Waals surface area contributed by atoms with Gasteiger partial charge < -0.3 is 18.9 Å². The maximum absolute atomic E-state index is 12.8. The molecule has 1 amide bonds. The summed E-state index contributed by atoms with van der Waals surface area (Å²) in [5.41, 5.74) is 0.528. The highest BCUT2D eigenvalue weighted by Crippen LogP contribution is 2.36. The molecular formula is C18H28BNO4. The second-order valence-corrected chi connectivity index (χ2v) is 7.03. The average Bonchev–Trinajstić information content (AvgIpc) is 2.75. The van der Waals surface area contributed by atoms with E-state index in [-0.39, 0.29) is 5.91 Å². The van der Waals surface area contributed by atoms with Gasteiger partial charge in [-0.25, -0.2) is 0 Å². The number of carbonyl (C=O) groups excluding carboxylic acids is 1. The topological polar surface area (TPSA) is 48.0 Å². The van der Waals surface area contributed by atoms with Crippen molar-refractivity contribution in [3.8, 4) is 5.75 Å². The first-order chi connectivity index (χ1) is 11.2. The molecular weight excluding hydrogens is 305 g/mol. The lowest BCUT2D eigenvalue weighted by molar-refractivity contribution is 0.00578. The standard InChI is InChI=1S/C18H28BNO4/c1-8-20(9-2)16(21)14-12-13(10-11-15(14)22-7)19-23-17(3,4)18(5,6)24-19/h10-12H,8-9H2,1-7H3. The number of carbonyl (C=O) groups is 1. The van der Waals surface area contributed by atoms with Gasteiger partial charge in [-0.1, -0.05) is 6.07 Å². The summed E-state index contributed by atoms with van der Waals surface area (Å²) in [5.74, 6) is 0.516. The van der Waals surface area contributed by atoms with Crippen molar-refractivity contribution < 1.29 is 18.8 Å². The molecule has 0 aromatic heterocycles. The molecule has 1 aliphatic rings. The van der Waals surface area contributed by atoms with Gasteiger partial charge in [-0.05, 0) is 59.1 Å². The van der Waals surface area contributed by atoms with E-state index in [4.69, 9.17) is 14.0 Å². The zero-order chi connectivity index (χ0) is 18.1. The Bertz CT molecular complexity index is 595. The summed E-state index contributed by atoms with van der Waals surface area (Å²) in [5, 5.41) is 0. The Kier molecular flexibility index (Phi) is 5.30. The number of nitrogens with zero attached hydrogens (tertiary/aromatic N) is 1. The lowest BCUT2D eigenvalue weighted by atomic mass is 9.78. The Hall–Kier alpha value is -1.53. The van der Waals surface area contributed by atoms with Gasteiger partial charge in [-0.3, -0.25) is 4.79 Å². The molecule has 1 aromatic carbocycles. The second kappa shape index (κ2) is 6.77. The lowest BCUT2D eigenvalue weighted by Crippen LogP contribution is -2.41. The lowest BCUT2D eigenvalue weighted by Gasteiger charge is -2.32. The Morgan fingerprint density at radius 1 is 1.12 bits per heavy atom. The maximum atomic E-state index is 12.8. The largest absolute Gasteiger partial charge is 0.496 e. The van der Waals surface area contributed by atoms with Crippen molar-refractivity contribution in [2.24, 2.45) is 0 Å². The van der Waals surface area contributed by atoms with Crippen molar-refractivity contribution in [3.05, 3.63) is 23.8 Å². The van der Waals surface area contributed by atoms with Crippen molar-refractivity contribution >= 4 is 18.5 Å². The Morgan fingerprint density at radius 3 is 2.12 bits per heavy atom. The van der Waals surface area contributed by atoms with Gasteiger partial charge in [-0.15, -0.1) is 0 Å². The molecule has 0 bridgehead atoms. The molecule has 0 spiro atoms. The van der Waals surface area contributed by atoms with Crippen molar-refractivity contribution in [1.82, 2.24) is 4.90 Å². The summed E-state index contributed by atoms with van der Waals surface area (Å²) in [6, 6.07) is 5.51. The molecule has 5 nitrogen and oxygen atoms in total. The fourth-order valence-electron chi connectivity index (χ4n) is 2.70. The molecule has 2 rings (SSSR count). The fraction of sp³-hybridized carbons (Fsp3) is 0.611. The average molecular weight is 333 g/mol. The fourth-order valence-corrected chi connectivity index (χ4v) is 2.70. The number of hydrogen-bond acceptors (Lipinski definition) is 4. The molecule has 1 saturated heterocycles.